The maximum absolute atomic E-state index is 13.8. The van der Waals surface area contributed by atoms with Crippen molar-refractivity contribution in [1.29, 1.82) is 0 Å². The van der Waals surface area contributed by atoms with Gasteiger partial charge in [-0.3, -0.25) is 0 Å². The minimum Gasteiger partial charge on any atom is -0.202 e. The standard InChI is InChI=1S/C20H22F3N/c1-2-3-13-4-6-14(7-5-13)15-8-10-16(11-9-15)17-12-18(21)20(23)24-19(17)22/h4-7,12,15-16H,2-3,8-11H2,1H3/t15-,16-. The van der Waals surface area contributed by atoms with Crippen molar-refractivity contribution in [3.8, 4) is 0 Å². The van der Waals surface area contributed by atoms with Crippen LogP contribution in [0.5, 0.6) is 0 Å². The fraction of sp³-hybridized carbons (Fsp3) is 0.450. The zero-order chi connectivity index (χ0) is 17.1. The summed E-state index contributed by atoms with van der Waals surface area (Å²) in [6.07, 6.45) is 5.62. The molecule has 0 saturated heterocycles. The summed E-state index contributed by atoms with van der Waals surface area (Å²) in [7, 11) is 0. The van der Waals surface area contributed by atoms with E-state index >= 15 is 0 Å². The zero-order valence-corrected chi connectivity index (χ0v) is 13.9. The molecule has 1 fully saturated rings. The van der Waals surface area contributed by atoms with Crippen LogP contribution in [0.3, 0.4) is 0 Å². The van der Waals surface area contributed by atoms with Crippen molar-refractivity contribution >= 4 is 0 Å². The van der Waals surface area contributed by atoms with Crippen molar-refractivity contribution in [1.82, 2.24) is 4.98 Å². The van der Waals surface area contributed by atoms with Crippen molar-refractivity contribution in [2.75, 3.05) is 0 Å². The quantitative estimate of drug-likeness (QED) is 0.635. The molecular formula is C20H22F3N. The molecule has 0 amide bonds. The van der Waals surface area contributed by atoms with Crippen LogP contribution in [-0.2, 0) is 6.42 Å². The number of pyridine rings is 1. The van der Waals surface area contributed by atoms with Gasteiger partial charge in [-0.1, -0.05) is 37.6 Å². The highest BCUT2D eigenvalue weighted by atomic mass is 19.2. The second kappa shape index (κ2) is 7.37. The van der Waals surface area contributed by atoms with E-state index in [1.807, 2.05) is 0 Å². The van der Waals surface area contributed by atoms with Gasteiger partial charge in [0, 0.05) is 5.56 Å². The second-order valence-electron chi connectivity index (χ2n) is 6.68. The number of halogens is 3. The smallest absolute Gasteiger partial charge is 0.202 e. The number of aryl methyl sites for hydroxylation is 1. The summed E-state index contributed by atoms with van der Waals surface area (Å²) in [5.41, 5.74) is 2.88. The molecule has 1 nitrogen and oxygen atoms in total. The van der Waals surface area contributed by atoms with E-state index < -0.39 is 17.7 Å². The summed E-state index contributed by atoms with van der Waals surface area (Å²) in [6, 6.07) is 9.72. The maximum atomic E-state index is 13.8. The van der Waals surface area contributed by atoms with Gasteiger partial charge in [-0.05, 0) is 61.1 Å². The van der Waals surface area contributed by atoms with Crippen molar-refractivity contribution < 1.29 is 13.2 Å². The summed E-state index contributed by atoms with van der Waals surface area (Å²) in [6.45, 7) is 2.17. The first-order valence-electron chi connectivity index (χ1n) is 8.68. The molecule has 1 aromatic heterocycles. The Bertz CT molecular complexity index is 689. The number of hydrogen-bond donors (Lipinski definition) is 0. The predicted octanol–water partition coefficient (Wildman–Crippen LogP) is 5.89. The predicted molar refractivity (Wildman–Crippen MR) is 88.5 cm³/mol. The Balaban J connectivity index is 1.66. The molecule has 0 aliphatic heterocycles. The van der Waals surface area contributed by atoms with E-state index in [-0.39, 0.29) is 11.5 Å². The average molecular weight is 333 g/mol. The Morgan fingerprint density at radius 2 is 1.54 bits per heavy atom. The molecule has 1 aromatic carbocycles. The monoisotopic (exact) mass is 333 g/mol. The lowest BCUT2D eigenvalue weighted by atomic mass is 9.76. The van der Waals surface area contributed by atoms with E-state index in [0.717, 1.165) is 44.6 Å². The van der Waals surface area contributed by atoms with Crippen molar-refractivity contribution in [3.05, 3.63) is 64.7 Å². The molecule has 1 saturated carbocycles. The Morgan fingerprint density at radius 1 is 0.917 bits per heavy atom. The van der Waals surface area contributed by atoms with Crippen LogP contribution < -0.4 is 0 Å². The van der Waals surface area contributed by atoms with Crippen LogP contribution in [0.4, 0.5) is 13.2 Å². The van der Waals surface area contributed by atoms with Gasteiger partial charge in [0.1, 0.15) is 0 Å². The first-order chi connectivity index (χ1) is 11.6. The van der Waals surface area contributed by atoms with E-state index in [2.05, 4.69) is 36.2 Å². The number of hydrogen-bond acceptors (Lipinski definition) is 1. The normalized spacial score (nSPS) is 21.0. The van der Waals surface area contributed by atoms with Gasteiger partial charge in [-0.25, -0.2) is 4.39 Å². The van der Waals surface area contributed by atoms with Crippen LogP contribution in [0.1, 0.15) is 67.6 Å². The lowest BCUT2D eigenvalue weighted by Gasteiger charge is -2.29. The van der Waals surface area contributed by atoms with Crippen molar-refractivity contribution in [2.24, 2.45) is 0 Å². The molecule has 0 unspecified atom stereocenters. The Kier molecular flexibility index (Phi) is 5.22. The topological polar surface area (TPSA) is 12.9 Å². The fourth-order valence-corrected chi connectivity index (χ4v) is 3.73. The lowest BCUT2D eigenvalue weighted by Crippen LogP contribution is -2.14. The molecule has 1 heterocycles. The Labute approximate surface area is 140 Å². The van der Waals surface area contributed by atoms with Crippen LogP contribution in [0.15, 0.2) is 30.3 Å². The zero-order valence-electron chi connectivity index (χ0n) is 13.9. The molecule has 1 aliphatic carbocycles. The molecule has 128 valence electrons. The number of rotatable bonds is 4. The van der Waals surface area contributed by atoms with Gasteiger partial charge in [0.15, 0.2) is 5.82 Å². The molecular weight excluding hydrogens is 311 g/mol. The van der Waals surface area contributed by atoms with Gasteiger partial charge in [-0.15, -0.1) is 0 Å². The van der Waals surface area contributed by atoms with Crippen molar-refractivity contribution in [3.63, 3.8) is 0 Å². The van der Waals surface area contributed by atoms with E-state index in [0.29, 0.717) is 5.92 Å². The van der Waals surface area contributed by atoms with E-state index in [4.69, 9.17) is 0 Å². The molecule has 2 aromatic rings. The van der Waals surface area contributed by atoms with Crippen LogP contribution in [-0.4, -0.2) is 4.98 Å². The number of benzene rings is 1. The van der Waals surface area contributed by atoms with Gasteiger partial charge in [-0.2, -0.15) is 13.8 Å². The van der Waals surface area contributed by atoms with E-state index in [1.54, 1.807) is 0 Å². The van der Waals surface area contributed by atoms with Gasteiger partial charge < -0.3 is 0 Å². The molecule has 24 heavy (non-hydrogen) atoms. The maximum Gasteiger partial charge on any atom is 0.251 e. The molecule has 4 heteroatoms. The number of nitrogens with zero attached hydrogens (tertiary/aromatic N) is 1. The second-order valence-corrected chi connectivity index (χ2v) is 6.68. The third-order valence-electron chi connectivity index (χ3n) is 5.07. The Morgan fingerprint density at radius 3 is 2.17 bits per heavy atom. The average Bonchev–Trinajstić information content (AvgIpc) is 2.59. The lowest BCUT2D eigenvalue weighted by molar-refractivity contribution is 0.373. The fourth-order valence-electron chi connectivity index (χ4n) is 3.73. The van der Waals surface area contributed by atoms with Gasteiger partial charge in [0.2, 0.25) is 5.95 Å². The molecule has 3 rings (SSSR count). The third kappa shape index (κ3) is 3.63. The molecule has 0 spiro atoms. The molecule has 0 radical (unpaired) electrons. The van der Waals surface area contributed by atoms with Crippen LogP contribution >= 0.6 is 0 Å². The minimum atomic E-state index is -1.36. The molecule has 0 N–H and O–H groups in total. The molecule has 0 atom stereocenters. The summed E-state index contributed by atoms with van der Waals surface area (Å²) >= 11 is 0. The van der Waals surface area contributed by atoms with Crippen molar-refractivity contribution in [2.45, 2.75) is 57.3 Å². The first kappa shape index (κ1) is 17.0. The SMILES string of the molecule is CCCc1ccc([C@H]2CC[C@H](c3cc(F)c(F)nc3F)CC2)cc1. The third-order valence-corrected chi connectivity index (χ3v) is 5.07. The summed E-state index contributed by atoms with van der Waals surface area (Å²) in [5, 5.41) is 0. The largest absolute Gasteiger partial charge is 0.251 e. The Hall–Kier alpha value is -1.84. The van der Waals surface area contributed by atoms with Gasteiger partial charge in [0.25, 0.3) is 5.95 Å². The van der Waals surface area contributed by atoms with Crippen LogP contribution in [0.25, 0.3) is 0 Å². The number of aromatic nitrogens is 1. The van der Waals surface area contributed by atoms with Crippen LogP contribution in [0, 0.1) is 17.7 Å². The minimum absolute atomic E-state index is 0.0804. The highest BCUT2D eigenvalue weighted by molar-refractivity contribution is 5.27. The first-order valence-corrected chi connectivity index (χ1v) is 8.68. The molecule has 1 aliphatic rings. The van der Waals surface area contributed by atoms with Gasteiger partial charge >= 0.3 is 0 Å². The van der Waals surface area contributed by atoms with Gasteiger partial charge in [0.05, 0.1) is 0 Å². The molecule has 0 bridgehead atoms. The van der Waals surface area contributed by atoms with E-state index in [1.165, 1.54) is 11.1 Å². The highest BCUT2D eigenvalue weighted by Crippen LogP contribution is 2.41. The summed E-state index contributed by atoms with van der Waals surface area (Å²) in [4.78, 5) is 3.04. The summed E-state index contributed by atoms with van der Waals surface area (Å²) < 4.78 is 40.2. The van der Waals surface area contributed by atoms with E-state index in [9.17, 15) is 13.2 Å². The summed E-state index contributed by atoms with van der Waals surface area (Å²) in [5.74, 6) is -2.93. The van der Waals surface area contributed by atoms with Crippen LogP contribution in [0.2, 0.25) is 0 Å². The highest BCUT2D eigenvalue weighted by Gasteiger charge is 2.27.